The van der Waals surface area contributed by atoms with Gasteiger partial charge in [0.2, 0.25) is 0 Å². The van der Waals surface area contributed by atoms with Crippen molar-refractivity contribution < 1.29 is 9.50 Å². The first-order chi connectivity index (χ1) is 8.15. The third kappa shape index (κ3) is 3.06. The van der Waals surface area contributed by atoms with Crippen LogP contribution in [0.25, 0.3) is 0 Å². The number of benzene rings is 1. The number of aliphatic hydroxyl groups is 1. The summed E-state index contributed by atoms with van der Waals surface area (Å²) in [5.74, 6) is -0.189. The normalized spacial score (nSPS) is 19.2. The van der Waals surface area contributed by atoms with Crippen molar-refractivity contribution in [3.05, 3.63) is 34.1 Å². The Balaban J connectivity index is 2.17. The Labute approximate surface area is 109 Å². The summed E-state index contributed by atoms with van der Waals surface area (Å²) in [6, 6.07) is 5.14. The summed E-state index contributed by atoms with van der Waals surface area (Å²) < 4.78 is 14.5. The molecule has 0 unspecified atom stereocenters. The van der Waals surface area contributed by atoms with Crippen LogP contribution in [0.3, 0.4) is 0 Å². The highest BCUT2D eigenvalue weighted by Gasteiger charge is 2.32. The van der Waals surface area contributed by atoms with E-state index in [4.69, 9.17) is 0 Å². The summed E-state index contributed by atoms with van der Waals surface area (Å²) in [7, 11) is 0. The molecule has 4 heteroatoms. The Morgan fingerprint density at radius 1 is 1.35 bits per heavy atom. The third-order valence-electron chi connectivity index (χ3n) is 3.58. The van der Waals surface area contributed by atoms with Crippen LogP contribution in [0, 0.1) is 11.2 Å². The molecule has 2 nitrogen and oxygen atoms in total. The molecule has 0 bridgehead atoms. The molecule has 0 spiro atoms. The zero-order valence-electron chi connectivity index (χ0n) is 9.68. The van der Waals surface area contributed by atoms with Crippen molar-refractivity contribution in [3.8, 4) is 0 Å². The minimum Gasteiger partial charge on any atom is -0.396 e. The Morgan fingerprint density at radius 2 is 2.06 bits per heavy atom. The summed E-state index contributed by atoms with van der Waals surface area (Å²) in [5, 5.41) is 12.9. The molecule has 1 aliphatic heterocycles. The lowest BCUT2D eigenvalue weighted by Crippen LogP contribution is -2.40. The van der Waals surface area contributed by atoms with Gasteiger partial charge >= 0.3 is 0 Å². The van der Waals surface area contributed by atoms with Crippen LogP contribution in [0.5, 0.6) is 0 Å². The maximum Gasteiger partial charge on any atom is 0.127 e. The van der Waals surface area contributed by atoms with E-state index in [2.05, 4.69) is 21.2 Å². The Hall–Kier alpha value is -0.450. The summed E-state index contributed by atoms with van der Waals surface area (Å²) in [4.78, 5) is 0. The van der Waals surface area contributed by atoms with Crippen LogP contribution in [0.1, 0.15) is 18.4 Å². The lowest BCUT2D eigenvalue weighted by Gasteiger charge is -2.36. The van der Waals surface area contributed by atoms with Crippen molar-refractivity contribution in [1.82, 2.24) is 5.32 Å². The molecule has 1 saturated heterocycles. The molecule has 1 fully saturated rings. The van der Waals surface area contributed by atoms with Crippen molar-refractivity contribution >= 4 is 15.9 Å². The van der Waals surface area contributed by atoms with Crippen molar-refractivity contribution in [3.63, 3.8) is 0 Å². The highest BCUT2D eigenvalue weighted by atomic mass is 79.9. The van der Waals surface area contributed by atoms with Gasteiger partial charge in [-0.05, 0) is 55.5 Å². The van der Waals surface area contributed by atoms with Crippen LogP contribution in [-0.2, 0) is 6.42 Å². The molecular weight excluding hydrogens is 285 g/mol. The first-order valence-electron chi connectivity index (χ1n) is 5.91. The van der Waals surface area contributed by atoms with E-state index in [9.17, 15) is 9.50 Å². The number of aliphatic hydroxyl groups excluding tert-OH is 1. The van der Waals surface area contributed by atoms with Gasteiger partial charge in [-0.15, -0.1) is 0 Å². The quantitative estimate of drug-likeness (QED) is 0.899. The second kappa shape index (κ2) is 5.46. The second-order valence-corrected chi connectivity index (χ2v) is 5.74. The van der Waals surface area contributed by atoms with Crippen molar-refractivity contribution in [2.45, 2.75) is 19.3 Å². The third-order valence-corrected chi connectivity index (χ3v) is 4.07. The van der Waals surface area contributed by atoms with Crippen molar-refractivity contribution in [1.29, 1.82) is 0 Å². The molecule has 94 valence electrons. The Morgan fingerprint density at radius 3 is 2.65 bits per heavy atom. The van der Waals surface area contributed by atoms with Crippen LogP contribution in [0.15, 0.2) is 22.7 Å². The average molecular weight is 302 g/mol. The zero-order chi connectivity index (χ0) is 12.3. The molecule has 0 amide bonds. The summed E-state index contributed by atoms with van der Waals surface area (Å²) in [5.41, 5.74) is 0.545. The number of piperidine rings is 1. The summed E-state index contributed by atoms with van der Waals surface area (Å²) >= 11 is 3.25. The number of hydrogen-bond donors (Lipinski definition) is 2. The summed E-state index contributed by atoms with van der Waals surface area (Å²) in [6.45, 7) is 1.93. The van der Waals surface area contributed by atoms with E-state index < -0.39 is 0 Å². The first kappa shape index (κ1) is 13.0. The van der Waals surface area contributed by atoms with Crippen molar-refractivity contribution in [2.75, 3.05) is 19.7 Å². The number of rotatable bonds is 3. The van der Waals surface area contributed by atoms with Gasteiger partial charge in [0.05, 0.1) is 0 Å². The molecule has 2 N–H and O–H groups in total. The fraction of sp³-hybridized carbons (Fsp3) is 0.538. The van der Waals surface area contributed by atoms with Gasteiger partial charge in [0, 0.05) is 11.1 Å². The predicted molar refractivity (Wildman–Crippen MR) is 69.4 cm³/mol. The van der Waals surface area contributed by atoms with Gasteiger partial charge in [0.25, 0.3) is 0 Å². The van der Waals surface area contributed by atoms with E-state index in [1.807, 2.05) is 6.07 Å². The molecule has 1 aliphatic rings. The maximum atomic E-state index is 13.8. The van der Waals surface area contributed by atoms with Crippen LogP contribution >= 0.6 is 15.9 Å². The fourth-order valence-corrected chi connectivity index (χ4v) is 2.75. The van der Waals surface area contributed by atoms with E-state index in [0.717, 1.165) is 30.4 Å². The molecule has 17 heavy (non-hydrogen) atoms. The second-order valence-electron chi connectivity index (χ2n) is 4.82. The average Bonchev–Trinajstić information content (AvgIpc) is 2.34. The number of nitrogens with one attached hydrogen (secondary N) is 1. The lowest BCUT2D eigenvalue weighted by atomic mass is 9.75. The molecule has 0 atom stereocenters. The number of hydrogen-bond acceptors (Lipinski definition) is 2. The van der Waals surface area contributed by atoms with Crippen LogP contribution < -0.4 is 5.32 Å². The largest absolute Gasteiger partial charge is 0.396 e. The molecule has 0 saturated carbocycles. The van der Waals surface area contributed by atoms with E-state index in [1.54, 1.807) is 6.07 Å². The lowest BCUT2D eigenvalue weighted by molar-refractivity contribution is 0.0884. The van der Waals surface area contributed by atoms with Crippen molar-refractivity contribution in [2.24, 2.45) is 5.41 Å². The van der Waals surface area contributed by atoms with Gasteiger partial charge in [0.15, 0.2) is 0 Å². The van der Waals surface area contributed by atoms with E-state index >= 15 is 0 Å². The fourth-order valence-electron chi connectivity index (χ4n) is 2.42. The van der Waals surface area contributed by atoms with Gasteiger partial charge in [-0.25, -0.2) is 4.39 Å². The molecule has 1 aromatic carbocycles. The van der Waals surface area contributed by atoms with Gasteiger partial charge in [-0.1, -0.05) is 22.0 Å². The summed E-state index contributed by atoms with van der Waals surface area (Å²) in [6.07, 6.45) is 2.42. The maximum absolute atomic E-state index is 13.8. The highest BCUT2D eigenvalue weighted by molar-refractivity contribution is 9.10. The van der Waals surface area contributed by atoms with Crippen LogP contribution in [0.4, 0.5) is 4.39 Å². The predicted octanol–water partition coefficient (Wildman–Crippen LogP) is 2.49. The van der Waals surface area contributed by atoms with Gasteiger partial charge in [-0.2, -0.15) is 0 Å². The zero-order valence-corrected chi connectivity index (χ0v) is 11.3. The van der Waals surface area contributed by atoms with E-state index in [1.165, 1.54) is 6.07 Å². The molecule has 0 radical (unpaired) electrons. The minimum absolute atomic E-state index is 0.129. The molecule has 2 rings (SSSR count). The molecule has 0 aliphatic carbocycles. The molecule has 1 heterocycles. The van der Waals surface area contributed by atoms with E-state index in [-0.39, 0.29) is 17.8 Å². The van der Waals surface area contributed by atoms with Crippen LogP contribution in [-0.4, -0.2) is 24.8 Å². The molecule has 0 aromatic heterocycles. The highest BCUT2D eigenvalue weighted by Crippen LogP contribution is 2.33. The van der Waals surface area contributed by atoms with E-state index in [0.29, 0.717) is 12.0 Å². The Kier molecular flexibility index (Phi) is 4.17. The van der Waals surface area contributed by atoms with Gasteiger partial charge in [-0.3, -0.25) is 0 Å². The minimum atomic E-state index is -0.189. The standard InChI is InChI=1S/C13H17BrFNO/c14-11-2-1-10(12(15)7-11)8-13(9-17)3-5-16-6-4-13/h1-2,7,16-17H,3-6,8-9H2. The SMILES string of the molecule is OCC1(Cc2ccc(Br)cc2F)CCNCC1. The topological polar surface area (TPSA) is 32.3 Å². The van der Waals surface area contributed by atoms with Crippen LogP contribution in [0.2, 0.25) is 0 Å². The smallest absolute Gasteiger partial charge is 0.127 e. The van der Waals surface area contributed by atoms with Gasteiger partial charge in [0.1, 0.15) is 5.82 Å². The van der Waals surface area contributed by atoms with Gasteiger partial charge < -0.3 is 10.4 Å². The monoisotopic (exact) mass is 301 g/mol. The molecular formula is C13H17BrFNO. The molecule has 1 aromatic rings. The Bertz CT molecular complexity index is 391. The number of halogens is 2. The first-order valence-corrected chi connectivity index (χ1v) is 6.70.